The zero-order chi connectivity index (χ0) is 18.3. The van der Waals surface area contributed by atoms with Crippen molar-refractivity contribution in [3.63, 3.8) is 0 Å². The van der Waals surface area contributed by atoms with Crippen LogP contribution in [0, 0.1) is 5.82 Å². The van der Waals surface area contributed by atoms with E-state index >= 15 is 0 Å². The number of rotatable bonds is 4. The number of carbonyl (C=O) groups excluding carboxylic acids is 1. The first-order chi connectivity index (χ1) is 11.9. The van der Waals surface area contributed by atoms with Crippen LogP contribution in [0.4, 0.5) is 13.2 Å². The minimum Gasteiger partial charge on any atom is -0.478 e. The fourth-order valence-corrected chi connectivity index (χ4v) is 3.16. The third-order valence-electron chi connectivity index (χ3n) is 4.14. The van der Waals surface area contributed by atoms with Gasteiger partial charge in [-0.2, -0.15) is 0 Å². The molecule has 0 radical (unpaired) electrons. The van der Waals surface area contributed by atoms with Crippen molar-refractivity contribution in [2.45, 2.75) is 19.0 Å². The van der Waals surface area contributed by atoms with Gasteiger partial charge in [0, 0.05) is 11.8 Å². The lowest BCUT2D eigenvalue weighted by atomic mass is 9.79. The van der Waals surface area contributed by atoms with E-state index in [1.807, 2.05) is 0 Å². The number of carbonyl (C=O) groups is 2. The quantitative estimate of drug-likeness (QED) is 0.805. The molecule has 2 N–H and O–H groups in total. The number of alkyl halides is 2. The number of nitrogens with one attached hydrogen (secondary N) is 1. The number of hydrogen-bond donors (Lipinski definition) is 2. The van der Waals surface area contributed by atoms with E-state index in [0.717, 1.165) is 19.3 Å². The molecule has 0 amide bonds. The van der Waals surface area contributed by atoms with Gasteiger partial charge in [-0.25, -0.2) is 22.8 Å². The zero-order valence-corrected chi connectivity index (χ0v) is 13.0. The Kier molecular flexibility index (Phi) is 4.23. The standard InChI is InChI=1S/C16H13F3N2O4/c1-6(18)11-7(3-20-4-8(11)19)12-13(15(22)23)9(2-17)21-10-5-25-16(24)14(10)12/h3-4,6,12,21H,2,5H2,1H3,(H,22,23)/t6?,12-/m0/s1. The van der Waals surface area contributed by atoms with Crippen LogP contribution in [0.15, 0.2) is 34.9 Å². The van der Waals surface area contributed by atoms with Crippen molar-refractivity contribution in [2.24, 2.45) is 0 Å². The van der Waals surface area contributed by atoms with Crippen LogP contribution in [0.3, 0.4) is 0 Å². The Morgan fingerprint density at radius 2 is 2.24 bits per heavy atom. The van der Waals surface area contributed by atoms with E-state index in [9.17, 15) is 27.9 Å². The molecule has 2 aliphatic heterocycles. The molecular formula is C16H13F3N2O4. The van der Waals surface area contributed by atoms with Crippen LogP contribution < -0.4 is 5.32 Å². The number of carboxylic acids is 1. The second-order valence-corrected chi connectivity index (χ2v) is 5.60. The van der Waals surface area contributed by atoms with Crippen molar-refractivity contribution >= 4 is 11.9 Å². The number of aromatic nitrogens is 1. The van der Waals surface area contributed by atoms with Gasteiger partial charge in [0.1, 0.15) is 25.3 Å². The topological polar surface area (TPSA) is 88.5 Å². The molecule has 2 atom stereocenters. The Hall–Kier alpha value is -2.84. The van der Waals surface area contributed by atoms with Gasteiger partial charge in [-0.15, -0.1) is 0 Å². The van der Waals surface area contributed by atoms with Crippen molar-refractivity contribution in [3.8, 4) is 0 Å². The highest BCUT2D eigenvalue weighted by atomic mass is 19.1. The van der Waals surface area contributed by atoms with Gasteiger partial charge in [0.25, 0.3) is 0 Å². The lowest BCUT2D eigenvalue weighted by molar-refractivity contribution is -0.136. The Bertz CT molecular complexity index is 833. The summed E-state index contributed by atoms with van der Waals surface area (Å²) in [6, 6.07) is 0. The van der Waals surface area contributed by atoms with Gasteiger partial charge in [-0.05, 0) is 12.5 Å². The highest BCUT2D eigenvalue weighted by molar-refractivity contribution is 6.00. The van der Waals surface area contributed by atoms with Gasteiger partial charge in [-0.1, -0.05) is 0 Å². The normalized spacial score (nSPS) is 21.0. The number of carboxylic acid groups (broad SMARTS) is 1. The monoisotopic (exact) mass is 354 g/mol. The van der Waals surface area contributed by atoms with Crippen molar-refractivity contribution in [1.82, 2.24) is 10.3 Å². The summed E-state index contributed by atoms with van der Waals surface area (Å²) in [5.74, 6) is -4.71. The largest absolute Gasteiger partial charge is 0.478 e. The summed E-state index contributed by atoms with van der Waals surface area (Å²) < 4.78 is 46.4. The Labute approximate surface area is 140 Å². The molecule has 1 aromatic heterocycles. The Morgan fingerprint density at radius 3 is 2.84 bits per heavy atom. The van der Waals surface area contributed by atoms with Crippen molar-refractivity contribution in [1.29, 1.82) is 0 Å². The average molecular weight is 354 g/mol. The maximum absolute atomic E-state index is 14.1. The maximum Gasteiger partial charge on any atom is 0.337 e. The number of cyclic esters (lactones) is 1. The molecule has 1 aromatic rings. The van der Waals surface area contributed by atoms with Crippen LogP contribution in [0.25, 0.3) is 0 Å². The van der Waals surface area contributed by atoms with E-state index < -0.39 is 47.7 Å². The fourth-order valence-electron chi connectivity index (χ4n) is 3.16. The molecular weight excluding hydrogens is 341 g/mol. The second kappa shape index (κ2) is 6.23. The molecule has 0 saturated carbocycles. The molecule has 0 saturated heterocycles. The molecule has 2 aliphatic rings. The van der Waals surface area contributed by atoms with Gasteiger partial charge in [0.15, 0.2) is 0 Å². The van der Waals surface area contributed by atoms with E-state index in [0.29, 0.717) is 0 Å². The number of nitrogens with zero attached hydrogens (tertiary/aromatic N) is 1. The number of dihydropyridines is 1. The average Bonchev–Trinajstić information content (AvgIpc) is 2.93. The minimum absolute atomic E-state index is 0.107. The van der Waals surface area contributed by atoms with E-state index in [4.69, 9.17) is 4.74 Å². The molecule has 0 spiro atoms. The minimum atomic E-state index is -1.79. The van der Waals surface area contributed by atoms with Crippen molar-refractivity contribution < 1.29 is 32.6 Å². The first kappa shape index (κ1) is 17.0. The van der Waals surface area contributed by atoms with Gasteiger partial charge in [0.05, 0.1) is 34.7 Å². The summed E-state index contributed by atoms with van der Waals surface area (Å²) in [6.45, 7) is -0.290. The molecule has 25 heavy (non-hydrogen) atoms. The van der Waals surface area contributed by atoms with E-state index in [1.54, 1.807) is 0 Å². The smallest absolute Gasteiger partial charge is 0.337 e. The SMILES string of the molecule is CC(F)c1c(F)cncc1[C@H]1C(C(=O)O)=C(CF)NC2=C1C(=O)OC2. The number of pyridine rings is 1. The maximum atomic E-state index is 14.1. The number of hydrogen-bond acceptors (Lipinski definition) is 5. The van der Waals surface area contributed by atoms with E-state index in [-0.39, 0.29) is 29.1 Å². The molecule has 0 aromatic carbocycles. The Morgan fingerprint density at radius 1 is 1.52 bits per heavy atom. The summed E-state index contributed by atoms with van der Waals surface area (Å²) >= 11 is 0. The van der Waals surface area contributed by atoms with E-state index in [2.05, 4.69) is 10.3 Å². The van der Waals surface area contributed by atoms with E-state index in [1.165, 1.54) is 0 Å². The summed E-state index contributed by atoms with van der Waals surface area (Å²) in [6.07, 6.45) is 0.0797. The van der Waals surface area contributed by atoms with Crippen LogP contribution >= 0.6 is 0 Å². The molecule has 0 aliphatic carbocycles. The molecule has 3 rings (SSSR count). The highest BCUT2D eigenvalue weighted by Crippen LogP contribution is 2.43. The predicted octanol–water partition coefficient (Wildman–Crippen LogP) is 2.06. The van der Waals surface area contributed by atoms with Gasteiger partial charge < -0.3 is 15.2 Å². The number of ether oxygens (including phenoxy) is 1. The molecule has 9 heteroatoms. The number of esters is 1. The Balaban J connectivity index is 2.31. The first-order valence-corrected chi connectivity index (χ1v) is 7.33. The summed E-state index contributed by atoms with van der Waals surface area (Å²) in [5.41, 5.74) is -1.31. The lowest BCUT2D eigenvalue weighted by Crippen LogP contribution is -2.32. The number of allylic oxidation sites excluding steroid dienone is 1. The first-order valence-electron chi connectivity index (χ1n) is 7.33. The second-order valence-electron chi connectivity index (χ2n) is 5.60. The zero-order valence-electron chi connectivity index (χ0n) is 13.0. The van der Waals surface area contributed by atoms with Gasteiger partial charge >= 0.3 is 11.9 Å². The molecule has 6 nitrogen and oxygen atoms in total. The van der Waals surface area contributed by atoms with Crippen LogP contribution in [0.5, 0.6) is 0 Å². The summed E-state index contributed by atoms with van der Waals surface area (Å²) in [7, 11) is 0. The number of aliphatic carboxylic acids is 1. The third-order valence-corrected chi connectivity index (χ3v) is 4.14. The van der Waals surface area contributed by atoms with Crippen LogP contribution in [-0.4, -0.2) is 35.3 Å². The molecule has 132 valence electrons. The van der Waals surface area contributed by atoms with Crippen LogP contribution in [0.2, 0.25) is 0 Å². The summed E-state index contributed by atoms with van der Waals surface area (Å²) in [4.78, 5) is 27.4. The van der Waals surface area contributed by atoms with Crippen molar-refractivity contribution in [2.75, 3.05) is 13.3 Å². The fraction of sp³-hybridized carbons (Fsp3) is 0.312. The van der Waals surface area contributed by atoms with Crippen LogP contribution in [0.1, 0.15) is 30.1 Å². The van der Waals surface area contributed by atoms with Crippen LogP contribution in [-0.2, 0) is 14.3 Å². The van der Waals surface area contributed by atoms with Gasteiger partial charge in [-0.3, -0.25) is 4.98 Å². The molecule has 3 heterocycles. The molecule has 0 bridgehead atoms. The number of halogens is 3. The third kappa shape index (κ3) is 2.65. The molecule has 1 unspecified atom stereocenters. The highest BCUT2D eigenvalue weighted by Gasteiger charge is 2.43. The predicted molar refractivity (Wildman–Crippen MR) is 78.2 cm³/mol. The molecule has 0 fully saturated rings. The van der Waals surface area contributed by atoms with Gasteiger partial charge in [0.2, 0.25) is 0 Å². The van der Waals surface area contributed by atoms with Crippen molar-refractivity contribution in [3.05, 3.63) is 51.9 Å². The lowest BCUT2D eigenvalue weighted by Gasteiger charge is -2.28. The summed E-state index contributed by atoms with van der Waals surface area (Å²) in [5, 5.41) is 12.1.